The summed E-state index contributed by atoms with van der Waals surface area (Å²) in [5.74, 6) is 0. The quantitative estimate of drug-likeness (QED) is 0.217. The molecule has 154 valence electrons. The van der Waals surface area contributed by atoms with Crippen LogP contribution >= 0.6 is 27.3 Å². The standard InChI is InChI=1S/C29H21BrNS/c1-2-31-18-32-29-26(31)17-21-16-22(30)13-15-25(21)28(29)27-23-11-7-6-10-20(23)12-14-24(27)19-8-4-3-5-9-19/h3-18H,2H2,1H3/q+1. The van der Waals surface area contributed by atoms with E-state index in [2.05, 4.69) is 124 Å². The summed E-state index contributed by atoms with van der Waals surface area (Å²) in [7, 11) is 0. The maximum atomic E-state index is 3.69. The van der Waals surface area contributed by atoms with Gasteiger partial charge in [-0.15, -0.1) is 0 Å². The van der Waals surface area contributed by atoms with Crippen LogP contribution in [0.25, 0.3) is 54.0 Å². The second-order valence-electron chi connectivity index (χ2n) is 8.05. The number of hydrogen-bond donors (Lipinski definition) is 0. The lowest BCUT2D eigenvalue weighted by Gasteiger charge is -2.16. The molecule has 3 heteroatoms. The number of benzene rings is 5. The van der Waals surface area contributed by atoms with Crippen LogP contribution in [0.4, 0.5) is 0 Å². The largest absolute Gasteiger partial charge is 0.225 e. The Balaban J connectivity index is 1.85. The van der Waals surface area contributed by atoms with Gasteiger partial charge in [0.25, 0.3) is 0 Å². The van der Waals surface area contributed by atoms with Gasteiger partial charge in [-0.2, -0.15) is 4.57 Å². The van der Waals surface area contributed by atoms with Crippen LogP contribution in [0, 0.1) is 0 Å². The summed E-state index contributed by atoms with van der Waals surface area (Å²) < 4.78 is 4.81. The second kappa shape index (κ2) is 7.84. The molecule has 5 aromatic carbocycles. The molecule has 1 nitrogen and oxygen atoms in total. The molecule has 0 aliphatic carbocycles. The average molecular weight is 495 g/mol. The molecule has 0 saturated carbocycles. The van der Waals surface area contributed by atoms with Gasteiger partial charge in [0, 0.05) is 16.1 Å². The normalized spacial score (nSPS) is 11.6. The van der Waals surface area contributed by atoms with E-state index in [0.717, 1.165) is 11.0 Å². The summed E-state index contributed by atoms with van der Waals surface area (Å²) in [5, 5.41) is 5.11. The lowest BCUT2D eigenvalue weighted by molar-refractivity contribution is -0.663. The van der Waals surface area contributed by atoms with E-state index in [1.807, 2.05) is 11.3 Å². The fourth-order valence-corrected chi connectivity index (χ4v) is 6.24. The van der Waals surface area contributed by atoms with Gasteiger partial charge >= 0.3 is 0 Å². The Labute approximate surface area is 199 Å². The monoisotopic (exact) mass is 494 g/mol. The highest BCUT2D eigenvalue weighted by Crippen LogP contribution is 2.45. The number of hydrogen-bond acceptors (Lipinski definition) is 1. The van der Waals surface area contributed by atoms with Crippen molar-refractivity contribution in [2.45, 2.75) is 13.5 Å². The summed E-state index contributed by atoms with van der Waals surface area (Å²) in [6.07, 6.45) is 0. The van der Waals surface area contributed by atoms with E-state index in [4.69, 9.17) is 0 Å². The maximum Gasteiger partial charge on any atom is 0.225 e. The van der Waals surface area contributed by atoms with E-state index in [1.54, 1.807) is 0 Å². The SMILES string of the molecule is CC[n+]1csc2c(-c3c(-c4ccccc4)ccc4ccccc34)c3ccc(Br)cc3cc21. The molecule has 0 aliphatic rings. The molecule has 6 rings (SSSR count). The van der Waals surface area contributed by atoms with Crippen molar-refractivity contribution in [3.63, 3.8) is 0 Å². The van der Waals surface area contributed by atoms with Crippen LogP contribution in [0.2, 0.25) is 0 Å². The van der Waals surface area contributed by atoms with Crippen LogP contribution in [0.15, 0.2) is 101 Å². The van der Waals surface area contributed by atoms with Gasteiger partial charge in [-0.1, -0.05) is 100 Å². The van der Waals surface area contributed by atoms with Gasteiger partial charge < -0.3 is 0 Å². The molecule has 0 N–H and O–H groups in total. The molecule has 0 saturated heterocycles. The number of halogens is 1. The maximum absolute atomic E-state index is 3.69. The lowest BCUT2D eigenvalue weighted by atomic mass is 9.87. The molecule has 0 bridgehead atoms. The molecule has 0 amide bonds. The molecule has 6 aromatic rings. The van der Waals surface area contributed by atoms with Crippen LogP contribution < -0.4 is 4.57 Å². The van der Waals surface area contributed by atoms with Gasteiger partial charge in [0.05, 0.1) is 0 Å². The van der Waals surface area contributed by atoms with Crippen LogP contribution in [0.3, 0.4) is 0 Å². The third-order valence-corrected chi connectivity index (χ3v) is 7.75. The highest BCUT2D eigenvalue weighted by atomic mass is 79.9. The van der Waals surface area contributed by atoms with E-state index in [-0.39, 0.29) is 0 Å². The van der Waals surface area contributed by atoms with Crippen molar-refractivity contribution in [3.8, 4) is 22.3 Å². The van der Waals surface area contributed by atoms with Gasteiger partial charge in [0.1, 0.15) is 11.2 Å². The van der Waals surface area contributed by atoms with E-state index >= 15 is 0 Å². The molecule has 0 unspecified atom stereocenters. The minimum Gasteiger partial charge on any atom is -0.189 e. The predicted molar refractivity (Wildman–Crippen MR) is 141 cm³/mol. The van der Waals surface area contributed by atoms with Crippen molar-refractivity contribution in [1.29, 1.82) is 0 Å². The van der Waals surface area contributed by atoms with Crippen molar-refractivity contribution < 1.29 is 4.57 Å². The number of thiazole rings is 1. The minimum absolute atomic E-state index is 0.958. The molecular formula is C29H21BrNS+. The van der Waals surface area contributed by atoms with Gasteiger partial charge in [-0.25, -0.2) is 0 Å². The first kappa shape index (κ1) is 19.7. The van der Waals surface area contributed by atoms with Crippen LogP contribution in [0.1, 0.15) is 6.92 Å². The summed E-state index contributed by atoms with van der Waals surface area (Å²) >= 11 is 5.53. The Kier molecular flexibility index (Phi) is 4.82. The second-order valence-corrected chi connectivity index (χ2v) is 9.82. The van der Waals surface area contributed by atoms with Crippen LogP contribution in [-0.2, 0) is 6.54 Å². The summed E-state index contributed by atoms with van der Waals surface area (Å²) in [6, 6.07) is 33.1. The van der Waals surface area contributed by atoms with E-state index in [9.17, 15) is 0 Å². The number of aromatic nitrogens is 1. The van der Waals surface area contributed by atoms with E-state index < -0.39 is 0 Å². The number of fused-ring (bicyclic) bond motifs is 3. The summed E-state index contributed by atoms with van der Waals surface area (Å²) in [5.41, 5.74) is 8.73. The number of aryl methyl sites for hydroxylation is 1. The molecule has 0 aliphatic heterocycles. The van der Waals surface area contributed by atoms with Crippen LogP contribution in [-0.4, -0.2) is 0 Å². The summed E-state index contributed by atoms with van der Waals surface area (Å²) in [4.78, 5) is 0. The van der Waals surface area contributed by atoms with Crippen molar-refractivity contribution in [1.82, 2.24) is 0 Å². The lowest BCUT2D eigenvalue weighted by Crippen LogP contribution is -2.29. The average Bonchev–Trinajstić information content (AvgIpc) is 3.25. The topological polar surface area (TPSA) is 3.88 Å². The summed E-state index contributed by atoms with van der Waals surface area (Å²) in [6.45, 7) is 3.17. The molecule has 1 heterocycles. The van der Waals surface area contributed by atoms with Gasteiger partial charge in [-0.3, -0.25) is 0 Å². The fraction of sp³-hybridized carbons (Fsp3) is 0.0690. The molecule has 0 atom stereocenters. The Morgan fingerprint density at radius 2 is 1.53 bits per heavy atom. The minimum atomic E-state index is 0.958. The first-order valence-electron chi connectivity index (χ1n) is 10.8. The van der Waals surface area contributed by atoms with Crippen LogP contribution in [0.5, 0.6) is 0 Å². The molecular weight excluding hydrogens is 474 g/mol. The molecule has 0 radical (unpaired) electrons. The number of rotatable bonds is 3. The highest BCUT2D eigenvalue weighted by molar-refractivity contribution is 9.10. The van der Waals surface area contributed by atoms with Crippen molar-refractivity contribution in [3.05, 3.63) is 101 Å². The van der Waals surface area contributed by atoms with Crippen molar-refractivity contribution >= 4 is 59.0 Å². The van der Waals surface area contributed by atoms with Gasteiger partial charge in [0.2, 0.25) is 11.0 Å². The Morgan fingerprint density at radius 1 is 0.750 bits per heavy atom. The highest BCUT2D eigenvalue weighted by Gasteiger charge is 2.22. The third-order valence-electron chi connectivity index (χ3n) is 6.25. The Hall–Kier alpha value is -3.01. The first-order chi connectivity index (χ1) is 15.7. The third kappa shape index (κ3) is 3.08. The fourth-order valence-electron chi connectivity index (χ4n) is 4.74. The molecule has 0 fully saturated rings. The first-order valence-corrected chi connectivity index (χ1v) is 12.5. The van der Waals surface area contributed by atoms with Crippen molar-refractivity contribution in [2.75, 3.05) is 0 Å². The van der Waals surface area contributed by atoms with Gasteiger partial charge in [0.15, 0.2) is 0 Å². The zero-order valence-electron chi connectivity index (χ0n) is 17.7. The Bertz CT molecular complexity index is 1620. The molecule has 1 aromatic heterocycles. The number of nitrogens with zero attached hydrogens (tertiary/aromatic N) is 1. The van der Waals surface area contributed by atoms with Gasteiger partial charge in [-0.05, 0) is 57.3 Å². The predicted octanol–water partition coefficient (Wildman–Crippen LogP) is 8.61. The van der Waals surface area contributed by atoms with E-state index in [1.165, 1.54) is 54.0 Å². The zero-order valence-corrected chi connectivity index (χ0v) is 20.1. The molecule has 0 spiro atoms. The Morgan fingerprint density at radius 3 is 2.38 bits per heavy atom. The van der Waals surface area contributed by atoms with E-state index in [0.29, 0.717) is 0 Å². The molecule has 32 heavy (non-hydrogen) atoms. The van der Waals surface area contributed by atoms with Crippen molar-refractivity contribution in [2.24, 2.45) is 0 Å². The zero-order chi connectivity index (χ0) is 21.7. The smallest absolute Gasteiger partial charge is 0.189 e.